The fourth-order valence-corrected chi connectivity index (χ4v) is 3.00. The maximum atomic E-state index is 12.3. The fraction of sp³-hybridized carbons (Fsp3) is 0.611. The van der Waals surface area contributed by atoms with Crippen LogP contribution < -0.4 is 5.73 Å². The summed E-state index contributed by atoms with van der Waals surface area (Å²) in [7, 11) is 0. The lowest BCUT2D eigenvalue weighted by atomic mass is 9.80. The molecule has 2 N–H and O–H groups in total. The number of carbonyl (C=O) groups excluding carboxylic acids is 1. The van der Waals surface area contributed by atoms with Gasteiger partial charge in [0.25, 0.3) is 0 Å². The molecule has 1 amide bonds. The predicted octanol–water partition coefficient (Wildman–Crippen LogP) is 3.36. The average Bonchev–Trinajstić information content (AvgIpc) is 2.95. The van der Waals surface area contributed by atoms with Crippen LogP contribution in [0.1, 0.15) is 51.6 Å². The second kappa shape index (κ2) is 6.61. The number of hydrogen-bond acceptors (Lipinski definition) is 2. The Morgan fingerprint density at radius 1 is 1.33 bits per heavy atom. The molecule has 2 unspecified atom stereocenters. The second-order valence-corrected chi connectivity index (χ2v) is 7.25. The van der Waals surface area contributed by atoms with Crippen molar-refractivity contribution >= 4 is 5.91 Å². The molecule has 1 aromatic carbocycles. The molecule has 116 valence electrons. The lowest BCUT2D eigenvalue weighted by Gasteiger charge is -2.27. The van der Waals surface area contributed by atoms with Crippen LogP contribution in [0.25, 0.3) is 0 Å². The number of hydrogen-bond donors (Lipinski definition) is 1. The minimum Gasteiger partial charge on any atom is -0.342 e. The van der Waals surface area contributed by atoms with Crippen LogP contribution in [-0.4, -0.2) is 23.9 Å². The van der Waals surface area contributed by atoms with Crippen LogP contribution in [0.2, 0.25) is 0 Å². The number of nitrogens with two attached hydrogens (primary N) is 1. The molecule has 1 aromatic rings. The standard InChI is InChI=1S/C18H28N2O/c1-18(2,3)15-11-12-20(13-15)17(21)10-9-16(19)14-7-5-4-6-8-14/h4-8,15-16H,9-13,19H2,1-3H3. The van der Waals surface area contributed by atoms with Gasteiger partial charge < -0.3 is 10.6 Å². The molecule has 1 fully saturated rings. The summed E-state index contributed by atoms with van der Waals surface area (Å²) < 4.78 is 0. The third-order valence-electron chi connectivity index (χ3n) is 4.66. The molecule has 2 rings (SSSR count). The number of amides is 1. The molecule has 0 radical (unpaired) electrons. The molecular formula is C18H28N2O. The minimum absolute atomic E-state index is 0.0452. The summed E-state index contributed by atoms with van der Waals surface area (Å²) in [4.78, 5) is 14.3. The molecule has 1 aliphatic rings. The van der Waals surface area contributed by atoms with Crippen molar-refractivity contribution in [1.29, 1.82) is 0 Å². The maximum absolute atomic E-state index is 12.3. The van der Waals surface area contributed by atoms with E-state index in [1.54, 1.807) is 0 Å². The second-order valence-electron chi connectivity index (χ2n) is 7.25. The first-order valence-electron chi connectivity index (χ1n) is 7.96. The quantitative estimate of drug-likeness (QED) is 0.923. The van der Waals surface area contributed by atoms with Gasteiger partial charge in [-0.15, -0.1) is 0 Å². The van der Waals surface area contributed by atoms with Crippen LogP contribution in [0.5, 0.6) is 0 Å². The summed E-state index contributed by atoms with van der Waals surface area (Å²) in [6, 6.07) is 9.98. The van der Waals surface area contributed by atoms with E-state index in [1.807, 2.05) is 35.2 Å². The Morgan fingerprint density at radius 3 is 2.57 bits per heavy atom. The van der Waals surface area contributed by atoms with Crippen LogP contribution in [0.3, 0.4) is 0 Å². The van der Waals surface area contributed by atoms with Crippen molar-refractivity contribution in [3.8, 4) is 0 Å². The third-order valence-corrected chi connectivity index (χ3v) is 4.66. The molecular weight excluding hydrogens is 260 g/mol. The zero-order valence-electron chi connectivity index (χ0n) is 13.5. The van der Waals surface area contributed by atoms with Gasteiger partial charge in [0.2, 0.25) is 5.91 Å². The SMILES string of the molecule is CC(C)(C)C1CCN(C(=O)CCC(N)c2ccccc2)C1. The lowest BCUT2D eigenvalue weighted by Crippen LogP contribution is -2.31. The van der Waals surface area contributed by atoms with Gasteiger partial charge in [-0.2, -0.15) is 0 Å². The molecule has 0 spiro atoms. The Balaban J connectivity index is 1.81. The van der Waals surface area contributed by atoms with Crippen LogP contribution >= 0.6 is 0 Å². The van der Waals surface area contributed by atoms with Gasteiger partial charge in [0.05, 0.1) is 0 Å². The van der Waals surface area contributed by atoms with Gasteiger partial charge in [0, 0.05) is 25.6 Å². The van der Waals surface area contributed by atoms with E-state index < -0.39 is 0 Å². The number of benzene rings is 1. The zero-order valence-corrected chi connectivity index (χ0v) is 13.5. The Hall–Kier alpha value is -1.35. The molecule has 3 nitrogen and oxygen atoms in total. The summed E-state index contributed by atoms with van der Waals surface area (Å²) in [5.74, 6) is 0.873. The normalized spacial score (nSPS) is 20.6. The van der Waals surface area contributed by atoms with Crippen molar-refractivity contribution in [2.45, 2.75) is 46.1 Å². The molecule has 0 saturated carbocycles. The summed E-state index contributed by atoms with van der Waals surface area (Å²) in [6.45, 7) is 8.59. The van der Waals surface area contributed by atoms with Crippen molar-refractivity contribution in [1.82, 2.24) is 4.90 Å². The van der Waals surface area contributed by atoms with E-state index in [9.17, 15) is 4.79 Å². The molecule has 1 saturated heterocycles. The molecule has 3 heteroatoms. The van der Waals surface area contributed by atoms with Crippen molar-refractivity contribution in [2.75, 3.05) is 13.1 Å². The number of nitrogens with zero attached hydrogens (tertiary/aromatic N) is 1. The first-order chi connectivity index (χ1) is 9.88. The van der Waals surface area contributed by atoms with Crippen molar-refractivity contribution in [3.63, 3.8) is 0 Å². The van der Waals surface area contributed by atoms with Crippen LogP contribution in [0.15, 0.2) is 30.3 Å². The summed E-state index contributed by atoms with van der Waals surface area (Å²) in [5.41, 5.74) is 7.57. The topological polar surface area (TPSA) is 46.3 Å². The lowest BCUT2D eigenvalue weighted by molar-refractivity contribution is -0.130. The molecule has 1 heterocycles. The maximum Gasteiger partial charge on any atom is 0.222 e. The van der Waals surface area contributed by atoms with Gasteiger partial charge in [-0.3, -0.25) is 4.79 Å². The zero-order chi connectivity index (χ0) is 15.5. The molecule has 0 aliphatic carbocycles. The highest BCUT2D eigenvalue weighted by Gasteiger charge is 2.33. The fourth-order valence-electron chi connectivity index (χ4n) is 3.00. The first kappa shape index (κ1) is 16.0. The van der Waals surface area contributed by atoms with Gasteiger partial charge in [-0.25, -0.2) is 0 Å². The van der Waals surface area contributed by atoms with E-state index in [4.69, 9.17) is 5.73 Å². The number of likely N-dealkylation sites (tertiary alicyclic amines) is 1. The van der Waals surface area contributed by atoms with Gasteiger partial charge in [0.1, 0.15) is 0 Å². The average molecular weight is 288 g/mol. The summed E-state index contributed by atoms with van der Waals surface area (Å²) in [6.07, 6.45) is 2.40. The Bertz CT molecular complexity index is 464. The van der Waals surface area contributed by atoms with E-state index in [1.165, 1.54) is 0 Å². The van der Waals surface area contributed by atoms with Crippen molar-refractivity contribution in [2.24, 2.45) is 17.1 Å². The van der Waals surface area contributed by atoms with E-state index in [0.717, 1.165) is 31.5 Å². The van der Waals surface area contributed by atoms with Crippen molar-refractivity contribution < 1.29 is 4.79 Å². The molecule has 1 aliphatic heterocycles. The number of rotatable bonds is 4. The highest BCUT2D eigenvalue weighted by atomic mass is 16.2. The Kier molecular flexibility index (Phi) is 5.04. The van der Waals surface area contributed by atoms with Crippen LogP contribution in [-0.2, 0) is 4.79 Å². The highest BCUT2D eigenvalue weighted by molar-refractivity contribution is 5.76. The van der Waals surface area contributed by atoms with E-state index in [-0.39, 0.29) is 17.4 Å². The van der Waals surface area contributed by atoms with E-state index in [2.05, 4.69) is 20.8 Å². The van der Waals surface area contributed by atoms with E-state index >= 15 is 0 Å². The Morgan fingerprint density at radius 2 is 2.00 bits per heavy atom. The van der Waals surface area contributed by atoms with Gasteiger partial charge in [0.15, 0.2) is 0 Å². The van der Waals surface area contributed by atoms with Crippen LogP contribution in [0, 0.1) is 11.3 Å². The summed E-state index contributed by atoms with van der Waals surface area (Å²) in [5, 5.41) is 0. The monoisotopic (exact) mass is 288 g/mol. The molecule has 0 bridgehead atoms. The Labute approximate surface area is 128 Å². The van der Waals surface area contributed by atoms with Crippen LogP contribution in [0.4, 0.5) is 0 Å². The molecule has 2 atom stereocenters. The highest BCUT2D eigenvalue weighted by Crippen LogP contribution is 2.33. The van der Waals surface area contributed by atoms with Gasteiger partial charge in [-0.05, 0) is 29.7 Å². The van der Waals surface area contributed by atoms with E-state index in [0.29, 0.717) is 12.3 Å². The smallest absolute Gasteiger partial charge is 0.222 e. The minimum atomic E-state index is -0.0452. The summed E-state index contributed by atoms with van der Waals surface area (Å²) >= 11 is 0. The first-order valence-corrected chi connectivity index (χ1v) is 7.96. The van der Waals surface area contributed by atoms with Crippen molar-refractivity contribution in [3.05, 3.63) is 35.9 Å². The van der Waals surface area contributed by atoms with Gasteiger partial charge >= 0.3 is 0 Å². The largest absolute Gasteiger partial charge is 0.342 e. The number of carbonyl (C=O) groups is 1. The molecule has 0 aromatic heterocycles. The van der Waals surface area contributed by atoms with Gasteiger partial charge in [-0.1, -0.05) is 51.1 Å². The predicted molar refractivity (Wildman–Crippen MR) is 86.7 cm³/mol. The molecule has 21 heavy (non-hydrogen) atoms. The third kappa shape index (κ3) is 4.31.